The van der Waals surface area contributed by atoms with Crippen LogP contribution in [0, 0.1) is 26.7 Å². The summed E-state index contributed by atoms with van der Waals surface area (Å²) in [5.74, 6) is -0.0474. The lowest BCUT2D eigenvalue weighted by Gasteiger charge is -2.41. The molecule has 3 aromatic rings. The van der Waals surface area contributed by atoms with E-state index in [0.717, 1.165) is 43.6 Å². The van der Waals surface area contributed by atoms with Gasteiger partial charge in [0, 0.05) is 25.4 Å². The van der Waals surface area contributed by atoms with E-state index in [0.29, 0.717) is 6.42 Å². The van der Waals surface area contributed by atoms with Crippen molar-refractivity contribution in [2.45, 2.75) is 58.7 Å². The zero-order valence-electron chi connectivity index (χ0n) is 22.0. The maximum Gasteiger partial charge on any atom is 0.325 e. The van der Waals surface area contributed by atoms with E-state index in [1.165, 1.54) is 27.2 Å². The largest absolute Gasteiger partial charge is 0.325 e. The summed E-state index contributed by atoms with van der Waals surface area (Å²) in [6.07, 6.45) is 5.64. The van der Waals surface area contributed by atoms with Gasteiger partial charge in [-0.15, -0.1) is 0 Å². The standard InChI is InChI=1S/C31H36N4O2/c1-22-16-24(3)27(17-23(22)2)21-34-14-11-28(12-15-34)31(18-25-8-5-4-6-9-25)29(36)35(30(37)33-31)20-26-10-7-13-32-19-26/h4-10,13,16-17,19,28H,11-12,14-15,18,20-21H2,1-3H3,(H,33,37)/t31-/m1/s1. The molecule has 2 saturated heterocycles. The van der Waals surface area contributed by atoms with Gasteiger partial charge in [0.25, 0.3) is 5.91 Å². The minimum Gasteiger partial charge on any atom is -0.322 e. The van der Waals surface area contributed by atoms with E-state index in [4.69, 9.17) is 0 Å². The van der Waals surface area contributed by atoms with Gasteiger partial charge in [-0.05, 0) is 92.1 Å². The molecule has 0 saturated carbocycles. The number of amides is 3. The number of hydrogen-bond donors (Lipinski definition) is 1. The summed E-state index contributed by atoms with van der Waals surface area (Å²) in [5.41, 5.74) is 6.33. The Morgan fingerprint density at radius 1 is 0.892 bits per heavy atom. The molecule has 6 heteroatoms. The Kier molecular flexibility index (Phi) is 7.11. The number of likely N-dealkylation sites (tertiary alicyclic amines) is 1. The van der Waals surface area contributed by atoms with Crippen LogP contribution >= 0.6 is 0 Å². The monoisotopic (exact) mass is 496 g/mol. The Balaban J connectivity index is 1.36. The van der Waals surface area contributed by atoms with Crippen molar-refractivity contribution in [1.29, 1.82) is 0 Å². The highest BCUT2D eigenvalue weighted by Crippen LogP contribution is 2.37. The maximum absolute atomic E-state index is 14.0. The molecule has 5 rings (SSSR count). The fraction of sp³-hybridized carbons (Fsp3) is 0.387. The summed E-state index contributed by atoms with van der Waals surface area (Å²) in [5, 5.41) is 3.19. The second-order valence-electron chi connectivity index (χ2n) is 10.7. The van der Waals surface area contributed by atoms with Crippen LogP contribution in [0.3, 0.4) is 0 Å². The molecule has 1 atom stereocenters. The summed E-state index contributed by atoms with van der Waals surface area (Å²) in [6.45, 7) is 9.47. The Labute approximate surface area is 219 Å². The normalized spacial score (nSPS) is 20.9. The van der Waals surface area contributed by atoms with Gasteiger partial charge >= 0.3 is 6.03 Å². The van der Waals surface area contributed by atoms with E-state index in [9.17, 15) is 9.59 Å². The van der Waals surface area contributed by atoms with Crippen molar-refractivity contribution in [3.05, 3.63) is 100 Å². The lowest BCUT2D eigenvalue weighted by atomic mass is 9.73. The van der Waals surface area contributed by atoms with E-state index in [2.05, 4.69) is 48.1 Å². The number of imide groups is 1. The molecule has 1 N–H and O–H groups in total. The molecule has 3 amide bonds. The van der Waals surface area contributed by atoms with Crippen molar-refractivity contribution in [2.24, 2.45) is 5.92 Å². The smallest absolute Gasteiger partial charge is 0.322 e. The van der Waals surface area contributed by atoms with Gasteiger partial charge in [0.1, 0.15) is 5.54 Å². The van der Waals surface area contributed by atoms with Gasteiger partial charge in [-0.2, -0.15) is 0 Å². The van der Waals surface area contributed by atoms with E-state index >= 15 is 0 Å². The molecule has 2 aromatic carbocycles. The third-order valence-electron chi connectivity index (χ3n) is 8.22. The molecule has 0 unspecified atom stereocenters. The fourth-order valence-electron chi connectivity index (χ4n) is 5.94. The first-order valence-corrected chi connectivity index (χ1v) is 13.2. The second-order valence-corrected chi connectivity index (χ2v) is 10.7. The third kappa shape index (κ3) is 5.16. The van der Waals surface area contributed by atoms with Gasteiger partial charge < -0.3 is 5.32 Å². The summed E-state index contributed by atoms with van der Waals surface area (Å²) < 4.78 is 0. The maximum atomic E-state index is 14.0. The van der Waals surface area contributed by atoms with Crippen LogP contribution in [0.25, 0.3) is 0 Å². The molecule has 37 heavy (non-hydrogen) atoms. The highest BCUT2D eigenvalue weighted by atomic mass is 16.2. The first-order chi connectivity index (χ1) is 17.9. The van der Waals surface area contributed by atoms with Crippen molar-refractivity contribution >= 4 is 11.9 Å². The molecule has 0 radical (unpaired) electrons. The number of hydrogen-bond acceptors (Lipinski definition) is 4. The number of carbonyl (C=O) groups is 2. The van der Waals surface area contributed by atoms with E-state index in [-0.39, 0.29) is 24.4 Å². The number of aromatic nitrogens is 1. The van der Waals surface area contributed by atoms with Gasteiger partial charge in [-0.1, -0.05) is 48.5 Å². The Hall–Kier alpha value is -3.51. The molecule has 3 heterocycles. The minimum atomic E-state index is -0.927. The van der Waals surface area contributed by atoms with Gasteiger partial charge in [0.15, 0.2) is 0 Å². The number of carbonyl (C=O) groups excluding carboxylic acids is 2. The first-order valence-electron chi connectivity index (χ1n) is 13.2. The van der Waals surface area contributed by atoms with Crippen LogP contribution in [0.2, 0.25) is 0 Å². The molecule has 2 aliphatic heterocycles. The Bertz CT molecular complexity index is 1270. The van der Waals surface area contributed by atoms with Crippen molar-refractivity contribution in [2.75, 3.05) is 13.1 Å². The molecule has 1 aromatic heterocycles. The van der Waals surface area contributed by atoms with Crippen LogP contribution in [0.1, 0.15) is 46.2 Å². The van der Waals surface area contributed by atoms with Crippen LogP contribution < -0.4 is 5.32 Å². The Morgan fingerprint density at radius 2 is 1.59 bits per heavy atom. The molecular formula is C31H36N4O2. The molecule has 2 fully saturated rings. The minimum absolute atomic E-state index is 0.0696. The highest BCUT2D eigenvalue weighted by molar-refractivity contribution is 6.07. The predicted molar refractivity (Wildman–Crippen MR) is 145 cm³/mol. The van der Waals surface area contributed by atoms with Crippen LogP contribution in [0.15, 0.2) is 67.0 Å². The number of rotatable bonds is 7. The van der Waals surface area contributed by atoms with E-state index < -0.39 is 5.54 Å². The van der Waals surface area contributed by atoms with Gasteiger partial charge in [0.05, 0.1) is 6.54 Å². The summed E-state index contributed by atoms with van der Waals surface area (Å²) >= 11 is 0. The van der Waals surface area contributed by atoms with Crippen molar-refractivity contribution in [1.82, 2.24) is 20.1 Å². The summed E-state index contributed by atoms with van der Waals surface area (Å²) in [6, 6.07) is 18.1. The molecule has 0 bridgehead atoms. The van der Waals surface area contributed by atoms with Crippen molar-refractivity contribution in [3.63, 3.8) is 0 Å². The zero-order valence-corrected chi connectivity index (χ0v) is 22.0. The molecule has 2 aliphatic rings. The third-order valence-corrected chi connectivity index (χ3v) is 8.22. The molecule has 6 nitrogen and oxygen atoms in total. The lowest BCUT2D eigenvalue weighted by molar-refractivity contribution is -0.134. The second kappa shape index (κ2) is 10.5. The molecule has 0 spiro atoms. The molecule has 192 valence electrons. The topological polar surface area (TPSA) is 65.5 Å². The fourth-order valence-corrected chi connectivity index (χ4v) is 5.94. The van der Waals surface area contributed by atoms with E-state index in [1.54, 1.807) is 12.4 Å². The highest BCUT2D eigenvalue weighted by Gasteiger charge is 2.55. The van der Waals surface area contributed by atoms with Crippen LogP contribution in [0.5, 0.6) is 0 Å². The van der Waals surface area contributed by atoms with Crippen molar-refractivity contribution < 1.29 is 9.59 Å². The SMILES string of the molecule is Cc1cc(C)c(CN2CCC([C@@]3(Cc4ccccc4)NC(=O)N(Cc4cccnc4)C3=O)CC2)cc1C. The quantitative estimate of drug-likeness (QED) is 0.470. The number of benzene rings is 2. The van der Waals surface area contributed by atoms with Gasteiger partial charge in [0.2, 0.25) is 0 Å². The number of piperidine rings is 1. The summed E-state index contributed by atoms with van der Waals surface area (Å²) in [4.78, 5) is 35.3. The number of nitrogens with zero attached hydrogens (tertiary/aromatic N) is 3. The van der Waals surface area contributed by atoms with Gasteiger partial charge in [-0.25, -0.2) is 4.79 Å². The number of urea groups is 1. The molecular weight excluding hydrogens is 460 g/mol. The number of aryl methyl sites for hydroxylation is 3. The van der Waals surface area contributed by atoms with Crippen molar-refractivity contribution in [3.8, 4) is 0 Å². The Morgan fingerprint density at radius 3 is 2.30 bits per heavy atom. The number of nitrogens with one attached hydrogen (secondary N) is 1. The number of pyridine rings is 1. The average molecular weight is 497 g/mol. The van der Waals surface area contributed by atoms with Crippen LogP contribution in [-0.4, -0.2) is 45.4 Å². The summed E-state index contributed by atoms with van der Waals surface area (Å²) in [7, 11) is 0. The predicted octanol–water partition coefficient (Wildman–Crippen LogP) is 4.95. The first kappa shape index (κ1) is 25.2. The molecule has 0 aliphatic carbocycles. The zero-order chi connectivity index (χ0) is 26.0. The van der Waals surface area contributed by atoms with Gasteiger partial charge in [-0.3, -0.25) is 19.6 Å². The van der Waals surface area contributed by atoms with Crippen LogP contribution in [0.4, 0.5) is 4.79 Å². The lowest BCUT2D eigenvalue weighted by Crippen LogP contribution is -2.57. The van der Waals surface area contributed by atoms with E-state index in [1.807, 2.05) is 42.5 Å². The van der Waals surface area contributed by atoms with Crippen LogP contribution in [-0.2, 0) is 24.3 Å². The average Bonchev–Trinajstić information content (AvgIpc) is 3.13.